The summed E-state index contributed by atoms with van der Waals surface area (Å²) in [5, 5.41) is 6.31. The van der Waals surface area contributed by atoms with E-state index in [1.54, 1.807) is 30.3 Å². The van der Waals surface area contributed by atoms with Crippen LogP contribution in [0, 0.1) is 0 Å². The molecule has 0 unspecified atom stereocenters. The molecule has 0 fully saturated rings. The minimum Gasteiger partial charge on any atom is -0.399 e. The molecule has 2 amide bonds. The molecule has 2 aromatic carbocycles. The number of hydrogen-bond acceptors (Lipinski definition) is 8. The molecule has 1 aromatic heterocycles. The van der Waals surface area contributed by atoms with Gasteiger partial charge in [0.15, 0.2) is 0 Å². The Bertz CT molecular complexity index is 1440. The van der Waals surface area contributed by atoms with Crippen molar-refractivity contribution in [3.63, 3.8) is 0 Å². The zero-order valence-electron chi connectivity index (χ0n) is 18.1. The maximum Gasteiger partial charge on any atom is 0.269 e. The van der Waals surface area contributed by atoms with Crippen molar-refractivity contribution in [2.75, 3.05) is 30.3 Å². The van der Waals surface area contributed by atoms with Crippen LogP contribution in [-0.4, -0.2) is 67.3 Å². The molecule has 0 saturated heterocycles. The average molecular weight is 523 g/mol. The van der Waals surface area contributed by atoms with E-state index in [0.29, 0.717) is 16.8 Å². The Balaban J connectivity index is 1.96. The minimum atomic E-state index is -4.30. The lowest BCUT2D eigenvalue weighted by atomic mass is 10.00. The number of aromatic nitrogens is 1. The molecule has 12 nitrogen and oxygen atoms in total. The van der Waals surface area contributed by atoms with Crippen LogP contribution in [-0.2, 0) is 20.2 Å². The Labute approximate surface area is 201 Å². The fourth-order valence-corrected chi connectivity index (χ4v) is 3.86. The van der Waals surface area contributed by atoms with Crippen molar-refractivity contribution < 1.29 is 35.5 Å². The molecule has 0 spiro atoms. The van der Waals surface area contributed by atoms with Gasteiger partial charge in [0.2, 0.25) is 0 Å². The summed E-state index contributed by atoms with van der Waals surface area (Å²) in [6.45, 7) is -0.784. The lowest BCUT2D eigenvalue weighted by molar-refractivity contribution is 0.0947. The first kappa shape index (κ1) is 26.0. The van der Waals surface area contributed by atoms with Gasteiger partial charge in [0, 0.05) is 18.8 Å². The Morgan fingerprint density at radius 1 is 0.743 bits per heavy atom. The van der Waals surface area contributed by atoms with E-state index in [1.165, 1.54) is 12.1 Å². The molecule has 3 rings (SSSR count). The molecule has 0 radical (unpaired) electrons. The third-order valence-corrected chi connectivity index (χ3v) is 6.22. The summed E-state index contributed by atoms with van der Waals surface area (Å²) < 4.78 is 61.3. The molecule has 0 atom stereocenters. The number of nitrogens with zero attached hydrogens (tertiary/aromatic N) is 1. The number of hydrogen-bond donors (Lipinski definition) is 5. The van der Waals surface area contributed by atoms with E-state index in [9.17, 15) is 26.4 Å². The Hall–Kier alpha value is -3.59. The number of amides is 2. The summed E-state index contributed by atoms with van der Waals surface area (Å²) in [7, 11) is -8.60. The quantitative estimate of drug-likeness (QED) is 0.196. The highest BCUT2D eigenvalue weighted by atomic mass is 32.2. The summed E-state index contributed by atoms with van der Waals surface area (Å²) in [5.41, 5.74) is 7.03. The monoisotopic (exact) mass is 522 g/mol. The molecule has 0 saturated carbocycles. The van der Waals surface area contributed by atoms with Crippen molar-refractivity contribution in [2.45, 2.75) is 0 Å². The molecule has 0 aliphatic carbocycles. The normalized spacial score (nSPS) is 11.8. The smallest absolute Gasteiger partial charge is 0.269 e. The first-order valence-corrected chi connectivity index (χ1v) is 13.3. The van der Waals surface area contributed by atoms with Crippen LogP contribution >= 0.6 is 0 Å². The minimum absolute atomic E-state index is 0.213. The largest absolute Gasteiger partial charge is 0.399 e. The van der Waals surface area contributed by atoms with Crippen LogP contribution in [0.3, 0.4) is 0 Å². The predicted octanol–water partition coefficient (Wildman–Crippen LogP) is 0.719. The molecule has 0 aliphatic rings. The Kier molecular flexibility index (Phi) is 7.70. The summed E-state index contributed by atoms with van der Waals surface area (Å²) >= 11 is 0. The third kappa shape index (κ3) is 7.71. The first-order valence-electron chi connectivity index (χ1n) is 10.1. The van der Waals surface area contributed by atoms with E-state index in [0.717, 1.165) is 10.8 Å². The van der Waals surface area contributed by atoms with Gasteiger partial charge in [0.1, 0.15) is 11.4 Å². The number of benzene rings is 2. The van der Waals surface area contributed by atoms with Gasteiger partial charge in [-0.25, -0.2) is 4.98 Å². The molecule has 6 N–H and O–H groups in total. The van der Waals surface area contributed by atoms with Crippen molar-refractivity contribution in [3.8, 4) is 11.1 Å². The molecule has 0 bridgehead atoms. The van der Waals surface area contributed by atoms with Gasteiger partial charge >= 0.3 is 0 Å². The Morgan fingerprint density at radius 2 is 1.23 bits per heavy atom. The number of nitrogens with one attached hydrogen (secondary N) is 2. The number of carbonyl (C=O) groups is 2. The second-order valence-electron chi connectivity index (χ2n) is 7.53. The van der Waals surface area contributed by atoms with E-state index in [-0.39, 0.29) is 11.4 Å². The van der Waals surface area contributed by atoms with Crippen LogP contribution in [0.2, 0.25) is 0 Å². The van der Waals surface area contributed by atoms with Crippen LogP contribution in [0.4, 0.5) is 5.69 Å². The number of nitrogens with two attached hydrogens (primary N) is 1. The maximum atomic E-state index is 12.6. The van der Waals surface area contributed by atoms with Crippen molar-refractivity contribution >= 4 is 48.5 Å². The standard InChI is InChI=1S/C21H22N4O8S2/c22-17-4-3-13-9-14(1-2-15(13)10-17)16-11-18(20(26)23-5-7-34(28,29)30)25-19(12-16)21(27)24-6-8-35(31,32)33/h1-4,9-12H,5-8,22H2,(H,23,26)(H,24,27)(H,28,29,30)(H,31,32,33). The SMILES string of the molecule is Nc1ccc2cc(-c3cc(C(=O)NCCS(=O)(=O)O)nc(C(=O)NCCS(=O)(=O)O)c3)ccc2c1. The number of carbonyl (C=O) groups excluding carboxylic acids is 2. The summed E-state index contributed by atoms with van der Waals surface area (Å²) in [6.07, 6.45) is 0. The average Bonchev–Trinajstić information content (AvgIpc) is 2.76. The van der Waals surface area contributed by atoms with Crippen LogP contribution in [0.15, 0.2) is 48.5 Å². The van der Waals surface area contributed by atoms with E-state index in [4.69, 9.17) is 14.8 Å². The van der Waals surface area contributed by atoms with Crippen molar-refractivity contribution in [1.82, 2.24) is 15.6 Å². The van der Waals surface area contributed by atoms with E-state index in [1.807, 2.05) is 6.07 Å². The summed E-state index contributed by atoms with van der Waals surface area (Å²) in [5.74, 6) is -3.02. The zero-order valence-corrected chi connectivity index (χ0v) is 19.8. The second-order valence-corrected chi connectivity index (χ2v) is 10.7. The molecule has 14 heteroatoms. The third-order valence-electron chi connectivity index (χ3n) is 4.78. The molecular formula is C21H22N4O8S2. The van der Waals surface area contributed by atoms with Crippen LogP contribution in [0.5, 0.6) is 0 Å². The lowest BCUT2D eigenvalue weighted by Gasteiger charge is -2.11. The second kappa shape index (κ2) is 10.4. The molecule has 3 aromatic rings. The molecule has 35 heavy (non-hydrogen) atoms. The van der Waals surface area contributed by atoms with Crippen molar-refractivity contribution in [3.05, 3.63) is 59.9 Å². The highest BCUT2D eigenvalue weighted by Crippen LogP contribution is 2.27. The van der Waals surface area contributed by atoms with Crippen LogP contribution < -0.4 is 16.4 Å². The fraction of sp³-hybridized carbons (Fsp3) is 0.190. The van der Waals surface area contributed by atoms with Gasteiger partial charge in [0.25, 0.3) is 32.1 Å². The van der Waals surface area contributed by atoms with Gasteiger partial charge in [0.05, 0.1) is 11.5 Å². The topological polar surface area (TPSA) is 206 Å². The Morgan fingerprint density at radius 3 is 1.74 bits per heavy atom. The number of anilines is 1. The van der Waals surface area contributed by atoms with Gasteiger partial charge in [-0.1, -0.05) is 18.2 Å². The van der Waals surface area contributed by atoms with Gasteiger partial charge in [-0.3, -0.25) is 18.7 Å². The highest BCUT2D eigenvalue weighted by molar-refractivity contribution is 7.86. The first-order chi connectivity index (χ1) is 16.3. The molecular weight excluding hydrogens is 500 g/mol. The van der Waals surface area contributed by atoms with Crippen molar-refractivity contribution in [1.29, 1.82) is 0 Å². The summed E-state index contributed by atoms with van der Waals surface area (Å²) in [4.78, 5) is 29.2. The van der Waals surface area contributed by atoms with E-state index >= 15 is 0 Å². The lowest BCUT2D eigenvalue weighted by Crippen LogP contribution is -2.32. The zero-order chi connectivity index (χ0) is 25.8. The van der Waals surface area contributed by atoms with Crippen LogP contribution in [0.25, 0.3) is 21.9 Å². The molecule has 0 aliphatic heterocycles. The van der Waals surface area contributed by atoms with Gasteiger partial charge in [-0.05, 0) is 52.2 Å². The number of pyridine rings is 1. The predicted molar refractivity (Wildman–Crippen MR) is 129 cm³/mol. The van der Waals surface area contributed by atoms with Gasteiger partial charge in [-0.2, -0.15) is 16.8 Å². The number of rotatable bonds is 9. The fourth-order valence-electron chi connectivity index (χ4n) is 3.14. The van der Waals surface area contributed by atoms with Crippen molar-refractivity contribution in [2.24, 2.45) is 0 Å². The molecule has 186 valence electrons. The summed E-state index contributed by atoms with van der Waals surface area (Å²) in [6, 6.07) is 13.5. The van der Waals surface area contributed by atoms with E-state index < -0.39 is 56.6 Å². The number of fused-ring (bicyclic) bond motifs is 1. The van der Waals surface area contributed by atoms with Gasteiger partial charge < -0.3 is 16.4 Å². The molecule has 1 heterocycles. The van der Waals surface area contributed by atoms with Gasteiger partial charge in [-0.15, -0.1) is 0 Å². The van der Waals surface area contributed by atoms with E-state index in [2.05, 4.69) is 15.6 Å². The number of nitrogen functional groups attached to an aromatic ring is 1. The maximum absolute atomic E-state index is 12.6. The highest BCUT2D eigenvalue weighted by Gasteiger charge is 2.17. The van der Waals surface area contributed by atoms with Crippen LogP contribution in [0.1, 0.15) is 21.0 Å².